The minimum absolute atomic E-state index is 0.00786. The highest BCUT2D eigenvalue weighted by Crippen LogP contribution is 2.29. The zero-order valence-corrected chi connectivity index (χ0v) is 18.1. The van der Waals surface area contributed by atoms with Gasteiger partial charge in [0, 0.05) is 0 Å². The fourth-order valence-corrected chi connectivity index (χ4v) is 4.67. The first-order chi connectivity index (χ1) is 13.5. The predicted molar refractivity (Wildman–Crippen MR) is 110 cm³/mol. The lowest BCUT2D eigenvalue weighted by molar-refractivity contribution is -0.149. The van der Waals surface area contributed by atoms with Crippen molar-refractivity contribution in [3.05, 3.63) is 58.1 Å². The average Bonchev–Trinajstić information content (AvgIpc) is 2.65. The van der Waals surface area contributed by atoms with Gasteiger partial charge in [-0.15, -0.1) is 0 Å². The highest BCUT2D eigenvalue weighted by atomic mass is 32.2. The highest BCUT2D eigenvalue weighted by molar-refractivity contribution is 7.92. The first-order valence-electron chi connectivity index (χ1n) is 8.97. The number of carbonyl (C=O) groups excluding carboxylic acids is 2. The predicted octanol–water partition coefficient (Wildman–Crippen LogP) is 3.44. The molecule has 0 heterocycles. The normalized spacial score (nSPS) is 12.2. The molecule has 0 amide bonds. The van der Waals surface area contributed by atoms with Crippen LogP contribution in [0.5, 0.6) is 0 Å². The SMILES string of the molecule is COC(=O)[C@@H](C)OC(=O)c1ccccc1NS(=O)(=O)c1c(C)c(C)cc(C)c1C. The quantitative estimate of drug-likeness (QED) is 0.720. The Hall–Kier alpha value is -2.87. The van der Waals surface area contributed by atoms with Crippen LogP contribution in [-0.4, -0.2) is 33.6 Å². The zero-order chi connectivity index (χ0) is 21.9. The van der Waals surface area contributed by atoms with E-state index in [2.05, 4.69) is 9.46 Å². The van der Waals surface area contributed by atoms with Crippen LogP contribution in [0.1, 0.15) is 39.5 Å². The number of hydrogen-bond donors (Lipinski definition) is 1. The molecule has 7 nitrogen and oxygen atoms in total. The molecule has 1 N–H and O–H groups in total. The van der Waals surface area contributed by atoms with Gasteiger partial charge in [0.2, 0.25) is 0 Å². The molecule has 0 saturated carbocycles. The second-order valence-electron chi connectivity index (χ2n) is 6.81. The van der Waals surface area contributed by atoms with Gasteiger partial charge in [0.25, 0.3) is 10.0 Å². The first-order valence-corrected chi connectivity index (χ1v) is 10.5. The van der Waals surface area contributed by atoms with Crippen LogP contribution < -0.4 is 4.72 Å². The molecule has 0 unspecified atom stereocenters. The Morgan fingerprint density at radius 1 is 1.00 bits per heavy atom. The Balaban J connectivity index is 2.44. The maximum absolute atomic E-state index is 13.2. The van der Waals surface area contributed by atoms with E-state index < -0.39 is 28.1 Å². The van der Waals surface area contributed by atoms with Crippen molar-refractivity contribution in [1.82, 2.24) is 0 Å². The topological polar surface area (TPSA) is 98.8 Å². The van der Waals surface area contributed by atoms with Crippen LogP contribution in [0.15, 0.2) is 35.2 Å². The Bertz CT molecular complexity index is 1030. The monoisotopic (exact) mass is 419 g/mol. The molecule has 0 aliphatic heterocycles. The molecule has 2 rings (SSSR count). The number of para-hydroxylation sites is 1. The van der Waals surface area contributed by atoms with Gasteiger partial charge in [0.05, 0.1) is 23.3 Å². The van der Waals surface area contributed by atoms with Crippen molar-refractivity contribution in [2.24, 2.45) is 0 Å². The van der Waals surface area contributed by atoms with E-state index in [9.17, 15) is 18.0 Å². The van der Waals surface area contributed by atoms with Crippen molar-refractivity contribution in [3.8, 4) is 0 Å². The molecule has 2 aromatic carbocycles. The molecule has 0 saturated heterocycles. The number of methoxy groups -OCH3 is 1. The van der Waals surface area contributed by atoms with Crippen molar-refractivity contribution in [3.63, 3.8) is 0 Å². The lowest BCUT2D eigenvalue weighted by Gasteiger charge is -2.18. The van der Waals surface area contributed by atoms with Crippen LogP contribution in [0.4, 0.5) is 5.69 Å². The largest absolute Gasteiger partial charge is 0.466 e. The van der Waals surface area contributed by atoms with Crippen LogP contribution in [-0.2, 0) is 24.3 Å². The Labute approximate surface area is 171 Å². The lowest BCUT2D eigenvalue weighted by Crippen LogP contribution is -2.26. The maximum atomic E-state index is 13.2. The van der Waals surface area contributed by atoms with Crippen LogP contribution in [0, 0.1) is 27.7 Å². The molecule has 0 radical (unpaired) electrons. The molecule has 1 atom stereocenters. The third-order valence-corrected chi connectivity index (χ3v) is 6.41. The Kier molecular flexibility index (Phi) is 6.69. The molecule has 2 aromatic rings. The van der Waals surface area contributed by atoms with Gasteiger partial charge in [-0.1, -0.05) is 18.2 Å². The number of ether oxygens (including phenoxy) is 2. The van der Waals surface area contributed by atoms with E-state index in [1.807, 2.05) is 19.9 Å². The number of aryl methyl sites for hydroxylation is 2. The number of rotatable bonds is 6. The molecular formula is C21H25NO6S. The molecule has 0 aliphatic rings. The van der Waals surface area contributed by atoms with E-state index in [0.29, 0.717) is 11.1 Å². The van der Waals surface area contributed by atoms with Crippen molar-refractivity contribution in [1.29, 1.82) is 0 Å². The van der Waals surface area contributed by atoms with E-state index in [4.69, 9.17) is 4.74 Å². The van der Waals surface area contributed by atoms with E-state index >= 15 is 0 Å². The van der Waals surface area contributed by atoms with Gasteiger partial charge in [-0.05, 0) is 69.0 Å². The summed E-state index contributed by atoms with van der Waals surface area (Å²) in [6.07, 6.45) is -1.12. The fraction of sp³-hybridized carbons (Fsp3) is 0.333. The summed E-state index contributed by atoms with van der Waals surface area (Å²) in [5.74, 6) is -1.55. The summed E-state index contributed by atoms with van der Waals surface area (Å²) < 4.78 is 38.4. The molecule has 156 valence electrons. The summed E-state index contributed by atoms with van der Waals surface area (Å²) in [4.78, 5) is 24.2. The van der Waals surface area contributed by atoms with E-state index in [0.717, 1.165) is 11.1 Å². The van der Waals surface area contributed by atoms with Crippen LogP contribution in [0.25, 0.3) is 0 Å². The number of nitrogens with one attached hydrogen (secondary N) is 1. The van der Waals surface area contributed by atoms with Gasteiger partial charge in [-0.25, -0.2) is 18.0 Å². The smallest absolute Gasteiger partial charge is 0.346 e. The average molecular weight is 419 g/mol. The minimum Gasteiger partial charge on any atom is -0.466 e. The second-order valence-corrected chi connectivity index (χ2v) is 8.43. The number of sulfonamides is 1. The lowest BCUT2D eigenvalue weighted by atomic mass is 10.0. The summed E-state index contributed by atoms with van der Waals surface area (Å²) in [5.41, 5.74) is 3.04. The van der Waals surface area contributed by atoms with E-state index in [-0.39, 0.29) is 16.1 Å². The van der Waals surface area contributed by atoms with E-state index in [1.165, 1.54) is 26.2 Å². The number of hydrogen-bond acceptors (Lipinski definition) is 6. The summed E-state index contributed by atoms with van der Waals surface area (Å²) in [5, 5.41) is 0. The number of carbonyl (C=O) groups is 2. The first kappa shape index (κ1) is 22.4. The Morgan fingerprint density at radius 3 is 2.10 bits per heavy atom. The summed E-state index contributed by atoms with van der Waals surface area (Å²) in [7, 11) is -2.79. The fourth-order valence-electron chi connectivity index (χ4n) is 2.97. The molecule has 0 spiro atoms. The summed E-state index contributed by atoms with van der Waals surface area (Å²) in [6.45, 7) is 8.56. The Morgan fingerprint density at radius 2 is 1.55 bits per heavy atom. The molecule has 0 bridgehead atoms. The van der Waals surface area contributed by atoms with Gasteiger partial charge in [-0.2, -0.15) is 0 Å². The van der Waals surface area contributed by atoms with E-state index in [1.54, 1.807) is 26.0 Å². The van der Waals surface area contributed by atoms with Crippen LogP contribution >= 0.6 is 0 Å². The van der Waals surface area contributed by atoms with Crippen LogP contribution in [0.3, 0.4) is 0 Å². The van der Waals surface area contributed by atoms with Crippen molar-refractivity contribution >= 4 is 27.6 Å². The third-order valence-electron chi connectivity index (χ3n) is 4.77. The highest BCUT2D eigenvalue weighted by Gasteiger charge is 2.26. The van der Waals surface area contributed by atoms with Crippen molar-refractivity contribution in [2.75, 3.05) is 11.8 Å². The standard InChI is InChI=1S/C21H25NO6S/c1-12-11-13(2)15(4)19(14(12)3)29(25,26)22-18-10-8-7-9-17(18)21(24)28-16(5)20(23)27-6/h7-11,16,22H,1-6H3/t16-/m1/s1. The molecule has 29 heavy (non-hydrogen) atoms. The number of anilines is 1. The molecular weight excluding hydrogens is 394 g/mol. The summed E-state index contributed by atoms with van der Waals surface area (Å²) >= 11 is 0. The van der Waals surface area contributed by atoms with Crippen molar-refractivity contribution < 1.29 is 27.5 Å². The van der Waals surface area contributed by atoms with Gasteiger partial charge >= 0.3 is 11.9 Å². The van der Waals surface area contributed by atoms with Gasteiger partial charge < -0.3 is 9.47 Å². The van der Waals surface area contributed by atoms with Crippen molar-refractivity contribution in [2.45, 2.75) is 45.6 Å². The second kappa shape index (κ2) is 8.65. The molecule has 0 fully saturated rings. The molecule has 8 heteroatoms. The van der Waals surface area contributed by atoms with Gasteiger partial charge in [-0.3, -0.25) is 4.72 Å². The summed E-state index contributed by atoms with van der Waals surface area (Å²) in [6, 6.07) is 7.99. The van der Waals surface area contributed by atoms with Gasteiger partial charge in [0.1, 0.15) is 0 Å². The minimum atomic E-state index is -3.97. The molecule has 0 aliphatic carbocycles. The van der Waals surface area contributed by atoms with Crippen LogP contribution in [0.2, 0.25) is 0 Å². The van der Waals surface area contributed by atoms with Gasteiger partial charge in [0.15, 0.2) is 6.10 Å². The number of benzene rings is 2. The third kappa shape index (κ3) is 4.76. The maximum Gasteiger partial charge on any atom is 0.346 e. The zero-order valence-electron chi connectivity index (χ0n) is 17.3. The number of esters is 2. The molecule has 0 aromatic heterocycles.